The maximum atomic E-state index is 15.2. The first-order chi connectivity index (χ1) is 21.8. The standard InChI is InChI=1S/C35H31FN6O3/c1-39-12-14-41(15-13-39)26-8-9-32(37-19-26)38-30-18-25(20-40(2)34(30)44)27-4-3-5-31(28(27)21-43)42-11-10-23-16-24(22-6-7-22)17-29(36)33(23)35(42)45/h3-5,8-20,22,43H,6-7,21H2,1-2H3,(H,37,38). The van der Waals surface area contributed by atoms with Crippen molar-refractivity contribution >= 4 is 28.0 Å². The first kappa shape index (κ1) is 28.3. The molecule has 0 radical (unpaired) electrons. The summed E-state index contributed by atoms with van der Waals surface area (Å²) in [5.74, 6) is 0.306. The number of rotatable bonds is 7. The smallest absolute Gasteiger partial charge is 0.274 e. The van der Waals surface area contributed by atoms with E-state index in [9.17, 15) is 14.7 Å². The van der Waals surface area contributed by atoms with Crippen LogP contribution in [-0.4, -0.2) is 31.2 Å². The second-order valence-electron chi connectivity index (χ2n) is 11.4. The third-order valence-electron chi connectivity index (χ3n) is 8.32. The second kappa shape index (κ2) is 11.2. The van der Waals surface area contributed by atoms with Gasteiger partial charge in [0.1, 0.15) is 17.3 Å². The molecule has 1 saturated carbocycles. The van der Waals surface area contributed by atoms with Gasteiger partial charge in [-0.3, -0.25) is 14.2 Å². The van der Waals surface area contributed by atoms with E-state index in [4.69, 9.17) is 0 Å². The van der Waals surface area contributed by atoms with Crippen LogP contribution in [0.25, 0.3) is 27.6 Å². The van der Waals surface area contributed by atoms with Crippen molar-refractivity contribution in [2.45, 2.75) is 25.4 Å². The molecule has 7 rings (SSSR count). The SMILES string of the molecule is CN1C=CN(c2ccc(Nc3cc(-c4cccc(-n5ccc6cc(C7CC7)cc(F)c6c5=O)c4CO)cn(C)c3=O)nc2)C=C1. The zero-order chi connectivity index (χ0) is 31.2. The average Bonchev–Trinajstić information content (AvgIpc) is 3.89. The Morgan fingerprint density at radius 2 is 1.78 bits per heavy atom. The van der Waals surface area contributed by atoms with Gasteiger partial charge >= 0.3 is 0 Å². The molecule has 0 amide bonds. The first-order valence-corrected chi connectivity index (χ1v) is 14.7. The van der Waals surface area contributed by atoms with E-state index in [0.29, 0.717) is 45.2 Å². The molecule has 5 aromatic rings. The van der Waals surface area contributed by atoms with Crippen LogP contribution < -0.4 is 21.3 Å². The molecule has 9 nitrogen and oxygen atoms in total. The highest BCUT2D eigenvalue weighted by atomic mass is 19.1. The first-order valence-electron chi connectivity index (χ1n) is 14.7. The Morgan fingerprint density at radius 1 is 0.978 bits per heavy atom. The van der Waals surface area contributed by atoms with Gasteiger partial charge in [0.15, 0.2) is 0 Å². The summed E-state index contributed by atoms with van der Waals surface area (Å²) < 4.78 is 18.1. The summed E-state index contributed by atoms with van der Waals surface area (Å²) in [4.78, 5) is 35.1. The molecular formula is C35H31FN6O3. The molecule has 1 aliphatic carbocycles. The monoisotopic (exact) mass is 602 g/mol. The molecule has 45 heavy (non-hydrogen) atoms. The number of hydrogen-bond donors (Lipinski definition) is 2. The number of aryl methyl sites for hydroxylation is 1. The Kier molecular flexibility index (Phi) is 7.06. The lowest BCUT2D eigenvalue weighted by Gasteiger charge is -2.22. The molecule has 3 aromatic heterocycles. The van der Waals surface area contributed by atoms with E-state index in [1.54, 1.807) is 56.0 Å². The minimum atomic E-state index is -0.540. The van der Waals surface area contributed by atoms with E-state index in [0.717, 1.165) is 24.1 Å². The summed E-state index contributed by atoms with van der Waals surface area (Å²) >= 11 is 0. The summed E-state index contributed by atoms with van der Waals surface area (Å²) in [6, 6.07) is 15.8. The van der Waals surface area contributed by atoms with Gasteiger partial charge in [-0.1, -0.05) is 18.2 Å². The van der Waals surface area contributed by atoms with Gasteiger partial charge in [0.2, 0.25) is 0 Å². The Bertz CT molecular complexity index is 2120. The number of hydrogen-bond acceptors (Lipinski definition) is 7. The second-order valence-corrected chi connectivity index (χ2v) is 11.4. The topological polar surface area (TPSA) is 95.6 Å². The van der Waals surface area contributed by atoms with Gasteiger partial charge in [-0.25, -0.2) is 9.37 Å². The quantitative estimate of drug-likeness (QED) is 0.247. The number of anilines is 3. The Hall–Kier alpha value is -5.48. The molecule has 2 aromatic carbocycles. The van der Waals surface area contributed by atoms with Crippen molar-refractivity contribution < 1.29 is 9.50 Å². The van der Waals surface area contributed by atoms with Crippen LogP contribution in [-0.2, 0) is 13.7 Å². The third-order valence-corrected chi connectivity index (χ3v) is 8.32. The average molecular weight is 603 g/mol. The largest absolute Gasteiger partial charge is 0.392 e. The lowest BCUT2D eigenvalue weighted by Crippen LogP contribution is -2.21. The summed E-state index contributed by atoms with van der Waals surface area (Å²) in [6.45, 7) is -0.386. The zero-order valence-corrected chi connectivity index (χ0v) is 24.8. The van der Waals surface area contributed by atoms with E-state index in [1.807, 2.05) is 59.8 Å². The van der Waals surface area contributed by atoms with Crippen molar-refractivity contribution in [1.29, 1.82) is 0 Å². The van der Waals surface area contributed by atoms with E-state index >= 15 is 4.39 Å². The molecule has 10 heteroatoms. The van der Waals surface area contributed by atoms with Crippen molar-refractivity contribution in [3.8, 4) is 16.8 Å². The molecule has 0 atom stereocenters. The van der Waals surface area contributed by atoms with Gasteiger partial charge in [0.05, 0.1) is 29.6 Å². The molecule has 1 fully saturated rings. The number of nitrogens with one attached hydrogen (secondary N) is 1. The van der Waals surface area contributed by atoms with Gasteiger partial charge < -0.3 is 24.8 Å². The number of halogens is 1. The summed E-state index contributed by atoms with van der Waals surface area (Å²) in [5, 5.41) is 14.3. The molecule has 226 valence electrons. The maximum Gasteiger partial charge on any atom is 0.274 e. The molecular weight excluding hydrogens is 571 g/mol. The van der Waals surface area contributed by atoms with Gasteiger partial charge in [-0.15, -0.1) is 0 Å². The van der Waals surface area contributed by atoms with Crippen molar-refractivity contribution in [2.75, 3.05) is 17.3 Å². The van der Waals surface area contributed by atoms with Gasteiger partial charge in [0, 0.05) is 62.4 Å². The van der Waals surface area contributed by atoms with Gasteiger partial charge in [-0.05, 0) is 71.7 Å². The lowest BCUT2D eigenvalue weighted by molar-refractivity contribution is 0.282. The van der Waals surface area contributed by atoms with E-state index in [1.165, 1.54) is 15.2 Å². The Balaban J connectivity index is 1.24. The van der Waals surface area contributed by atoms with E-state index < -0.39 is 11.4 Å². The fourth-order valence-corrected chi connectivity index (χ4v) is 5.75. The van der Waals surface area contributed by atoms with Gasteiger partial charge in [-0.2, -0.15) is 0 Å². The predicted octanol–water partition coefficient (Wildman–Crippen LogP) is 5.70. The molecule has 0 saturated heterocycles. The van der Waals surface area contributed by atoms with Crippen molar-refractivity contribution in [3.05, 3.63) is 136 Å². The number of fused-ring (bicyclic) bond motifs is 1. The van der Waals surface area contributed by atoms with Crippen LogP contribution in [0, 0.1) is 5.82 Å². The maximum absolute atomic E-state index is 15.2. The summed E-state index contributed by atoms with van der Waals surface area (Å²) in [5.41, 5.74) is 3.48. The number of pyridine rings is 3. The fraction of sp³-hybridized carbons (Fsp3) is 0.171. The van der Waals surface area contributed by atoms with Crippen LogP contribution in [0.2, 0.25) is 0 Å². The van der Waals surface area contributed by atoms with Crippen LogP contribution in [0.5, 0.6) is 0 Å². The van der Waals surface area contributed by atoms with Crippen LogP contribution in [0.3, 0.4) is 0 Å². The van der Waals surface area contributed by atoms with Gasteiger partial charge in [0.25, 0.3) is 11.1 Å². The Labute approximate surface area is 258 Å². The number of aliphatic hydroxyl groups excluding tert-OH is 1. The fourth-order valence-electron chi connectivity index (χ4n) is 5.75. The summed E-state index contributed by atoms with van der Waals surface area (Å²) in [7, 11) is 3.59. The molecule has 0 bridgehead atoms. The number of aliphatic hydroxyl groups is 1. The molecule has 0 unspecified atom stereocenters. The van der Waals surface area contributed by atoms with Crippen molar-refractivity contribution in [3.63, 3.8) is 0 Å². The number of aromatic nitrogens is 3. The molecule has 0 spiro atoms. The van der Waals surface area contributed by atoms with Crippen LogP contribution in [0.15, 0.2) is 108 Å². The highest BCUT2D eigenvalue weighted by Gasteiger charge is 2.25. The molecule has 2 aliphatic rings. The minimum Gasteiger partial charge on any atom is -0.392 e. The Morgan fingerprint density at radius 3 is 2.49 bits per heavy atom. The third kappa shape index (κ3) is 5.29. The van der Waals surface area contributed by atoms with E-state index in [2.05, 4.69) is 10.3 Å². The minimum absolute atomic E-state index is 0.0166. The molecule has 2 N–H and O–H groups in total. The van der Waals surface area contributed by atoms with E-state index in [-0.39, 0.29) is 17.6 Å². The lowest BCUT2D eigenvalue weighted by atomic mass is 9.98. The number of benzene rings is 2. The molecule has 4 heterocycles. The van der Waals surface area contributed by atoms with Crippen LogP contribution >= 0.6 is 0 Å². The van der Waals surface area contributed by atoms with Crippen molar-refractivity contribution in [2.24, 2.45) is 7.05 Å². The van der Waals surface area contributed by atoms with Crippen LogP contribution in [0.4, 0.5) is 21.6 Å². The summed E-state index contributed by atoms with van der Waals surface area (Å²) in [6.07, 6.45) is 14.8. The van der Waals surface area contributed by atoms with Crippen molar-refractivity contribution in [1.82, 2.24) is 19.0 Å². The van der Waals surface area contributed by atoms with Crippen LogP contribution in [0.1, 0.15) is 29.9 Å². The predicted molar refractivity (Wildman–Crippen MR) is 174 cm³/mol. The normalized spacial score (nSPS) is 14.4. The highest BCUT2D eigenvalue weighted by Crippen LogP contribution is 2.41. The number of nitrogens with zero attached hydrogens (tertiary/aromatic N) is 5. The highest BCUT2D eigenvalue weighted by molar-refractivity contribution is 5.84. The zero-order valence-electron chi connectivity index (χ0n) is 24.8. The molecule has 1 aliphatic heterocycles.